The number of carbonyl (C=O) groups is 2. The van der Waals surface area contributed by atoms with E-state index in [2.05, 4.69) is 24.1 Å². The second-order valence-electron chi connectivity index (χ2n) is 9.00. The standard InChI is InChI=1S/C24H33N5O4S/c1-17(2)15-27(16-18-5-7-19(8-6-18)29(32)33)20-9-12-28(24(31)22-4-3-13-34-22)21(14-20)23(30)26-11-10-25/h3-8,13,17,20-21H,9-12,14-16,25H2,1-2H3,(H,26,30)/t20?,21-/m1/s1. The summed E-state index contributed by atoms with van der Waals surface area (Å²) in [6.45, 7) is 6.90. The summed E-state index contributed by atoms with van der Waals surface area (Å²) in [5.41, 5.74) is 6.62. The highest BCUT2D eigenvalue weighted by Gasteiger charge is 2.38. The minimum Gasteiger partial charge on any atom is -0.353 e. The van der Waals surface area contributed by atoms with Crippen LogP contribution in [-0.2, 0) is 11.3 Å². The molecule has 1 aromatic heterocycles. The Morgan fingerprint density at radius 1 is 1.29 bits per heavy atom. The van der Waals surface area contributed by atoms with Crippen molar-refractivity contribution >= 4 is 28.8 Å². The number of carbonyl (C=O) groups excluding carboxylic acids is 2. The van der Waals surface area contributed by atoms with Crippen molar-refractivity contribution in [1.82, 2.24) is 15.1 Å². The molecule has 0 radical (unpaired) electrons. The number of nitrogens with one attached hydrogen (secondary N) is 1. The summed E-state index contributed by atoms with van der Waals surface area (Å²) in [5.74, 6) is 0.0976. The number of piperidine rings is 1. The molecular weight excluding hydrogens is 454 g/mol. The quantitative estimate of drug-likeness (QED) is 0.393. The Morgan fingerprint density at radius 2 is 2.03 bits per heavy atom. The summed E-state index contributed by atoms with van der Waals surface area (Å²) in [7, 11) is 0. The Morgan fingerprint density at radius 3 is 2.62 bits per heavy atom. The monoisotopic (exact) mass is 487 g/mol. The molecule has 1 aliphatic rings. The smallest absolute Gasteiger partial charge is 0.269 e. The first-order valence-corrected chi connectivity index (χ1v) is 12.5. The van der Waals surface area contributed by atoms with E-state index in [9.17, 15) is 19.7 Å². The van der Waals surface area contributed by atoms with Crippen molar-refractivity contribution in [1.29, 1.82) is 0 Å². The van der Waals surface area contributed by atoms with Gasteiger partial charge in [-0.25, -0.2) is 0 Å². The summed E-state index contributed by atoms with van der Waals surface area (Å²) in [5, 5.41) is 15.7. The molecule has 3 rings (SSSR count). The summed E-state index contributed by atoms with van der Waals surface area (Å²) < 4.78 is 0. The van der Waals surface area contributed by atoms with E-state index >= 15 is 0 Å². The van der Waals surface area contributed by atoms with Crippen molar-refractivity contribution in [3.63, 3.8) is 0 Å². The van der Waals surface area contributed by atoms with Gasteiger partial charge in [0.25, 0.3) is 11.6 Å². The van der Waals surface area contributed by atoms with Crippen LogP contribution in [0.3, 0.4) is 0 Å². The van der Waals surface area contributed by atoms with Gasteiger partial charge >= 0.3 is 0 Å². The highest BCUT2D eigenvalue weighted by atomic mass is 32.1. The molecule has 9 nitrogen and oxygen atoms in total. The van der Waals surface area contributed by atoms with Crippen LogP contribution < -0.4 is 11.1 Å². The van der Waals surface area contributed by atoms with Gasteiger partial charge in [-0.2, -0.15) is 0 Å². The van der Waals surface area contributed by atoms with Crippen molar-refractivity contribution in [3.8, 4) is 0 Å². The number of hydrogen-bond donors (Lipinski definition) is 2. The van der Waals surface area contributed by atoms with Crippen LogP contribution in [0.25, 0.3) is 0 Å². The van der Waals surface area contributed by atoms with Crippen LogP contribution in [0.4, 0.5) is 5.69 Å². The highest BCUT2D eigenvalue weighted by molar-refractivity contribution is 7.12. The molecule has 0 saturated carbocycles. The molecule has 3 N–H and O–H groups in total. The van der Waals surface area contributed by atoms with Crippen LogP contribution in [0.1, 0.15) is 41.9 Å². The molecule has 2 atom stereocenters. The molecule has 1 aromatic carbocycles. The van der Waals surface area contributed by atoms with E-state index in [0.29, 0.717) is 43.4 Å². The molecule has 0 aliphatic carbocycles. The first kappa shape index (κ1) is 25.8. The molecule has 1 saturated heterocycles. The number of nitro groups is 1. The van der Waals surface area contributed by atoms with E-state index in [0.717, 1.165) is 18.5 Å². The van der Waals surface area contributed by atoms with Crippen molar-refractivity contribution in [3.05, 3.63) is 62.3 Å². The fraction of sp³-hybridized carbons (Fsp3) is 0.500. The van der Waals surface area contributed by atoms with Gasteiger partial charge in [-0.15, -0.1) is 11.3 Å². The maximum absolute atomic E-state index is 13.1. The first-order valence-electron chi connectivity index (χ1n) is 11.6. The average molecular weight is 488 g/mol. The van der Waals surface area contributed by atoms with Gasteiger partial charge in [0.15, 0.2) is 0 Å². The number of benzene rings is 1. The molecule has 2 heterocycles. The molecule has 2 aromatic rings. The number of amides is 2. The maximum Gasteiger partial charge on any atom is 0.269 e. The number of hydrogen-bond acceptors (Lipinski definition) is 7. The zero-order valence-corrected chi connectivity index (χ0v) is 20.5. The molecule has 1 fully saturated rings. The van der Waals surface area contributed by atoms with E-state index in [-0.39, 0.29) is 23.5 Å². The Bertz CT molecular complexity index is 964. The minimum absolute atomic E-state index is 0.0659. The molecule has 1 unspecified atom stereocenters. The second-order valence-corrected chi connectivity index (χ2v) is 9.94. The van der Waals surface area contributed by atoms with Crippen LogP contribution in [0.15, 0.2) is 41.8 Å². The largest absolute Gasteiger partial charge is 0.353 e. The maximum atomic E-state index is 13.1. The normalized spacial score (nSPS) is 18.3. The van der Waals surface area contributed by atoms with Gasteiger partial charge in [0.05, 0.1) is 9.80 Å². The predicted molar refractivity (Wildman–Crippen MR) is 133 cm³/mol. The molecule has 2 amide bonds. The van der Waals surface area contributed by atoms with Crippen molar-refractivity contribution < 1.29 is 14.5 Å². The van der Waals surface area contributed by atoms with E-state index in [1.807, 2.05) is 11.4 Å². The van der Waals surface area contributed by atoms with Crippen LogP contribution >= 0.6 is 11.3 Å². The lowest BCUT2D eigenvalue weighted by Gasteiger charge is -2.43. The Hall–Kier alpha value is -2.82. The summed E-state index contributed by atoms with van der Waals surface area (Å²) >= 11 is 1.38. The van der Waals surface area contributed by atoms with Gasteiger partial charge in [0.1, 0.15) is 6.04 Å². The van der Waals surface area contributed by atoms with Gasteiger partial charge in [0, 0.05) is 50.9 Å². The Balaban J connectivity index is 1.80. The van der Waals surface area contributed by atoms with Crippen LogP contribution in [0.2, 0.25) is 0 Å². The first-order chi connectivity index (χ1) is 16.3. The van der Waals surface area contributed by atoms with Crippen LogP contribution in [0, 0.1) is 16.0 Å². The third kappa shape index (κ3) is 6.62. The molecule has 0 spiro atoms. The number of thiophene rings is 1. The fourth-order valence-electron chi connectivity index (χ4n) is 4.39. The number of nitro benzene ring substituents is 1. The van der Waals surface area contributed by atoms with Crippen molar-refractivity contribution in [2.75, 3.05) is 26.2 Å². The van der Waals surface area contributed by atoms with E-state index in [1.54, 1.807) is 23.1 Å². The van der Waals surface area contributed by atoms with Crippen LogP contribution in [-0.4, -0.2) is 64.8 Å². The third-order valence-electron chi connectivity index (χ3n) is 5.96. The Labute approximate surface area is 204 Å². The molecule has 0 bridgehead atoms. The van der Waals surface area contributed by atoms with Gasteiger partial charge in [-0.3, -0.25) is 24.6 Å². The van der Waals surface area contributed by atoms with Gasteiger partial charge in [-0.05, 0) is 35.8 Å². The lowest BCUT2D eigenvalue weighted by Crippen LogP contribution is -2.57. The van der Waals surface area contributed by atoms with E-state index in [4.69, 9.17) is 5.73 Å². The van der Waals surface area contributed by atoms with Gasteiger partial charge in [-0.1, -0.05) is 32.0 Å². The lowest BCUT2D eigenvalue weighted by atomic mass is 9.93. The number of non-ortho nitro benzene ring substituents is 1. The van der Waals surface area contributed by atoms with Gasteiger partial charge in [0.2, 0.25) is 5.91 Å². The average Bonchev–Trinajstić information content (AvgIpc) is 3.36. The molecule has 10 heteroatoms. The highest BCUT2D eigenvalue weighted by Crippen LogP contribution is 2.27. The molecule has 1 aliphatic heterocycles. The topological polar surface area (TPSA) is 122 Å². The third-order valence-corrected chi connectivity index (χ3v) is 6.82. The summed E-state index contributed by atoms with van der Waals surface area (Å²) in [6, 6.07) is 9.75. The van der Waals surface area contributed by atoms with Gasteiger partial charge < -0.3 is 16.0 Å². The minimum atomic E-state index is -0.577. The zero-order valence-electron chi connectivity index (χ0n) is 19.7. The lowest BCUT2D eigenvalue weighted by molar-refractivity contribution is -0.384. The van der Waals surface area contributed by atoms with E-state index < -0.39 is 11.0 Å². The number of likely N-dealkylation sites (tertiary alicyclic amines) is 1. The molecule has 34 heavy (non-hydrogen) atoms. The predicted octanol–water partition coefficient (Wildman–Crippen LogP) is 2.86. The number of nitrogens with zero attached hydrogens (tertiary/aromatic N) is 3. The number of nitrogens with two attached hydrogens (primary N) is 1. The summed E-state index contributed by atoms with van der Waals surface area (Å²) in [6.07, 6.45) is 1.27. The zero-order chi connectivity index (χ0) is 24.7. The van der Waals surface area contributed by atoms with Crippen molar-refractivity contribution in [2.45, 2.75) is 45.3 Å². The van der Waals surface area contributed by atoms with Crippen LogP contribution in [0.5, 0.6) is 0 Å². The second kappa shape index (κ2) is 12.0. The molecule has 184 valence electrons. The Kier molecular flexibility index (Phi) is 9.14. The van der Waals surface area contributed by atoms with E-state index in [1.165, 1.54) is 23.5 Å². The molecular formula is C24H33N5O4S. The SMILES string of the molecule is CC(C)CN(Cc1ccc([N+](=O)[O-])cc1)C1CCN(C(=O)c2cccs2)[C@@H](C(=O)NCCN)C1. The van der Waals surface area contributed by atoms with Crippen molar-refractivity contribution in [2.24, 2.45) is 11.7 Å². The fourth-order valence-corrected chi connectivity index (χ4v) is 5.07. The number of rotatable bonds is 10. The summed E-state index contributed by atoms with van der Waals surface area (Å²) in [4.78, 5) is 41.4.